The second-order valence-electron chi connectivity index (χ2n) is 5.69. The summed E-state index contributed by atoms with van der Waals surface area (Å²) in [4.78, 5) is 6.80. The van der Waals surface area contributed by atoms with Crippen LogP contribution in [0.25, 0.3) is 0 Å². The summed E-state index contributed by atoms with van der Waals surface area (Å²) >= 11 is 5.89. The molecule has 0 amide bonds. The van der Waals surface area contributed by atoms with Gasteiger partial charge in [0.15, 0.2) is 0 Å². The monoisotopic (exact) mass is 268 g/mol. The van der Waals surface area contributed by atoms with Crippen molar-refractivity contribution in [3.8, 4) is 0 Å². The Morgan fingerprint density at radius 2 is 1.61 bits per heavy atom. The SMILES string of the molecule is CC(C)CCN(CCC(C)C)c1ccc(Cl)cn1. The molecule has 1 aromatic rings. The van der Waals surface area contributed by atoms with E-state index >= 15 is 0 Å². The molecule has 0 aliphatic heterocycles. The van der Waals surface area contributed by atoms with Crippen molar-refractivity contribution >= 4 is 17.4 Å². The van der Waals surface area contributed by atoms with Crippen LogP contribution in [0.3, 0.4) is 0 Å². The normalized spacial score (nSPS) is 11.3. The summed E-state index contributed by atoms with van der Waals surface area (Å²) in [6.45, 7) is 11.2. The van der Waals surface area contributed by atoms with Crippen molar-refractivity contribution in [2.75, 3.05) is 18.0 Å². The number of aromatic nitrogens is 1. The Kier molecular flexibility index (Phi) is 6.48. The standard InChI is InChI=1S/C15H25ClN2/c1-12(2)7-9-18(10-8-13(3)4)15-6-5-14(16)11-17-15/h5-6,11-13H,7-10H2,1-4H3. The van der Waals surface area contributed by atoms with Crippen LogP contribution in [0.1, 0.15) is 40.5 Å². The number of hydrogen-bond acceptors (Lipinski definition) is 2. The van der Waals surface area contributed by atoms with Crippen molar-refractivity contribution in [3.05, 3.63) is 23.4 Å². The van der Waals surface area contributed by atoms with Crippen LogP contribution in [0.15, 0.2) is 18.3 Å². The Hall–Kier alpha value is -0.760. The maximum atomic E-state index is 5.89. The zero-order valence-corrected chi connectivity index (χ0v) is 12.7. The zero-order chi connectivity index (χ0) is 13.5. The zero-order valence-electron chi connectivity index (χ0n) is 12.0. The third-order valence-electron chi connectivity index (χ3n) is 2.99. The first-order chi connectivity index (χ1) is 8.49. The molecule has 0 aromatic carbocycles. The molecule has 0 atom stereocenters. The van der Waals surface area contributed by atoms with Crippen LogP contribution in [0, 0.1) is 11.8 Å². The van der Waals surface area contributed by atoms with E-state index in [1.54, 1.807) is 6.20 Å². The molecule has 0 unspecified atom stereocenters. The molecule has 18 heavy (non-hydrogen) atoms. The lowest BCUT2D eigenvalue weighted by Gasteiger charge is -2.25. The molecule has 0 bridgehead atoms. The Balaban J connectivity index is 2.66. The first kappa shape index (κ1) is 15.3. The van der Waals surface area contributed by atoms with E-state index in [0.717, 1.165) is 30.7 Å². The summed E-state index contributed by atoms with van der Waals surface area (Å²) in [7, 11) is 0. The lowest BCUT2D eigenvalue weighted by molar-refractivity contribution is 0.533. The van der Waals surface area contributed by atoms with Crippen molar-refractivity contribution in [1.29, 1.82) is 0 Å². The van der Waals surface area contributed by atoms with E-state index in [2.05, 4.69) is 37.6 Å². The summed E-state index contributed by atoms with van der Waals surface area (Å²) < 4.78 is 0. The van der Waals surface area contributed by atoms with Gasteiger partial charge in [0.05, 0.1) is 5.02 Å². The topological polar surface area (TPSA) is 16.1 Å². The molecule has 1 heterocycles. The minimum absolute atomic E-state index is 0.700. The molecule has 0 fully saturated rings. The lowest BCUT2D eigenvalue weighted by Crippen LogP contribution is -2.28. The van der Waals surface area contributed by atoms with Gasteiger partial charge in [0.25, 0.3) is 0 Å². The molecule has 1 aromatic heterocycles. The van der Waals surface area contributed by atoms with E-state index in [0.29, 0.717) is 5.02 Å². The first-order valence-electron chi connectivity index (χ1n) is 6.85. The predicted molar refractivity (Wildman–Crippen MR) is 80.4 cm³/mol. The predicted octanol–water partition coefficient (Wildman–Crippen LogP) is 4.63. The Bertz CT molecular complexity index is 321. The number of hydrogen-bond donors (Lipinski definition) is 0. The van der Waals surface area contributed by atoms with E-state index in [1.807, 2.05) is 12.1 Å². The molecule has 0 saturated carbocycles. The van der Waals surface area contributed by atoms with Crippen LogP contribution >= 0.6 is 11.6 Å². The van der Waals surface area contributed by atoms with Gasteiger partial charge in [-0.25, -0.2) is 4.98 Å². The van der Waals surface area contributed by atoms with Gasteiger partial charge >= 0.3 is 0 Å². The van der Waals surface area contributed by atoms with E-state index in [9.17, 15) is 0 Å². The molecule has 3 heteroatoms. The summed E-state index contributed by atoms with van der Waals surface area (Å²) in [5, 5.41) is 0.700. The molecule has 0 spiro atoms. The molecule has 0 aliphatic rings. The van der Waals surface area contributed by atoms with Crippen LogP contribution in [0.5, 0.6) is 0 Å². The third-order valence-corrected chi connectivity index (χ3v) is 3.21. The van der Waals surface area contributed by atoms with Crippen molar-refractivity contribution in [3.63, 3.8) is 0 Å². The minimum Gasteiger partial charge on any atom is -0.357 e. The van der Waals surface area contributed by atoms with Crippen molar-refractivity contribution < 1.29 is 0 Å². The molecule has 0 radical (unpaired) electrons. The van der Waals surface area contributed by atoms with Gasteiger partial charge in [-0.3, -0.25) is 0 Å². The molecule has 1 rings (SSSR count). The van der Waals surface area contributed by atoms with Crippen LogP contribution in [0.2, 0.25) is 5.02 Å². The fourth-order valence-electron chi connectivity index (χ4n) is 1.72. The van der Waals surface area contributed by atoms with E-state index in [-0.39, 0.29) is 0 Å². The highest BCUT2D eigenvalue weighted by Gasteiger charge is 2.09. The van der Waals surface area contributed by atoms with Crippen LogP contribution < -0.4 is 4.90 Å². The first-order valence-corrected chi connectivity index (χ1v) is 7.23. The van der Waals surface area contributed by atoms with Gasteiger partial charge in [-0.15, -0.1) is 0 Å². The van der Waals surface area contributed by atoms with E-state index < -0.39 is 0 Å². The van der Waals surface area contributed by atoms with Gasteiger partial charge in [-0.2, -0.15) is 0 Å². The number of anilines is 1. The van der Waals surface area contributed by atoms with Gasteiger partial charge in [-0.05, 0) is 36.8 Å². The number of rotatable bonds is 7. The average molecular weight is 269 g/mol. The molecule has 102 valence electrons. The smallest absolute Gasteiger partial charge is 0.128 e. The van der Waals surface area contributed by atoms with Crippen LogP contribution in [-0.4, -0.2) is 18.1 Å². The van der Waals surface area contributed by atoms with E-state index in [4.69, 9.17) is 11.6 Å². The molecule has 0 saturated heterocycles. The highest BCUT2D eigenvalue weighted by molar-refractivity contribution is 6.30. The largest absolute Gasteiger partial charge is 0.357 e. The summed E-state index contributed by atoms with van der Waals surface area (Å²) in [5.74, 6) is 2.48. The van der Waals surface area contributed by atoms with Gasteiger partial charge in [0.2, 0.25) is 0 Å². The number of nitrogens with zero attached hydrogens (tertiary/aromatic N) is 2. The number of halogens is 1. The Morgan fingerprint density at radius 3 is 2.00 bits per heavy atom. The van der Waals surface area contributed by atoms with Gasteiger partial charge in [-0.1, -0.05) is 39.3 Å². The molecular formula is C15H25ClN2. The summed E-state index contributed by atoms with van der Waals surface area (Å²) in [6.07, 6.45) is 4.12. The summed E-state index contributed by atoms with van der Waals surface area (Å²) in [5.41, 5.74) is 0. The minimum atomic E-state index is 0.700. The van der Waals surface area contributed by atoms with Crippen molar-refractivity contribution in [2.45, 2.75) is 40.5 Å². The maximum absolute atomic E-state index is 5.89. The Morgan fingerprint density at radius 1 is 1.06 bits per heavy atom. The number of pyridine rings is 1. The molecule has 0 N–H and O–H groups in total. The Labute approximate surface area is 116 Å². The quantitative estimate of drug-likeness (QED) is 0.717. The van der Waals surface area contributed by atoms with Gasteiger partial charge < -0.3 is 4.90 Å². The molecule has 0 aliphatic carbocycles. The van der Waals surface area contributed by atoms with Crippen molar-refractivity contribution in [1.82, 2.24) is 4.98 Å². The second kappa shape index (κ2) is 7.63. The molecule has 2 nitrogen and oxygen atoms in total. The van der Waals surface area contributed by atoms with Crippen LogP contribution in [0.4, 0.5) is 5.82 Å². The fourth-order valence-corrected chi connectivity index (χ4v) is 1.84. The van der Waals surface area contributed by atoms with Crippen LogP contribution in [-0.2, 0) is 0 Å². The average Bonchev–Trinajstić information content (AvgIpc) is 2.30. The third kappa shape index (κ3) is 5.72. The fraction of sp³-hybridized carbons (Fsp3) is 0.667. The van der Waals surface area contributed by atoms with Crippen molar-refractivity contribution in [2.24, 2.45) is 11.8 Å². The maximum Gasteiger partial charge on any atom is 0.128 e. The van der Waals surface area contributed by atoms with E-state index in [1.165, 1.54) is 12.8 Å². The molecular weight excluding hydrogens is 244 g/mol. The van der Waals surface area contributed by atoms with Gasteiger partial charge in [0, 0.05) is 19.3 Å². The lowest BCUT2D eigenvalue weighted by atomic mass is 10.1. The summed E-state index contributed by atoms with van der Waals surface area (Å²) in [6, 6.07) is 3.94. The highest BCUT2D eigenvalue weighted by Crippen LogP contribution is 2.17. The second-order valence-corrected chi connectivity index (χ2v) is 6.12. The highest BCUT2D eigenvalue weighted by atomic mass is 35.5. The van der Waals surface area contributed by atoms with Gasteiger partial charge in [0.1, 0.15) is 5.82 Å².